The summed E-state index contributed by atoms with van der Waals surface area (Å²) >= 11 is 2.26. The molecule has 0 unspecified atom stereocenters. The molecule has 0 radical (unpaired) electrons. The van der Waals surface area contributed by atoms with E-state index >= 15 is 0 Å². The molecule has 0 heterocycles. The second kappa shape index (κ2) is 5.20. The van der Waals surface area contributed by atoms with Crippen LogP contribution in [0.1, 0.15) is 0 Å². The van der Waals surface area contributed by atoms with E-state index < -0.39 is 0 Å². The van der Waals surface area contributed by atoms with Crippen LogP contribution in [0, 0.1) is 13.7 Å². The minimum Gasteiger partial charge on any atom is -0.258 e. The number of fused-ring (bicyclic) bond motifs is 1. The Bertz CT molecular complexity index is 814. The number of benzene rings is 3. The number of halogens is 1. The summed E-state index contributed by atoms with van der Waals surface area (Å²) in [4.78, 5) is 10.8. The molecule has 20 heavy (non-hydrogen) atoms. The van der Waals surface area contributed by atoms with Crippen molar-refractivity contribution in [1.29, 1.82) is 0 Å². The van der Waals surface area contributed by atoms with Crippen molar-refractivity contribution in [2.24, 2.45) is 0 Å². The Morgan fingerprint density at radius 3 is 2.35 bits per heavy atom. The normalized spacial score (nSPS) is 10.7. The number of nitrogens with zero attached hydrogens (tertiary/aromatic N) is 1. The zero-order valence-electron chi connectivity index (χ0n) is 10.4. The first kappa shape index (κ1) is 13.1. The van der Waals surface area contributed by atoms with Gasteiger partial charge >= 0.3 is 0 Å². The van der Waals surface area contributed by atoms with Gasteiger partial charge in [0.25, 0.3) is 5.69 Å². The van der Waals surface area contributed by atoms with Crippen molar-refractivity contribution < 1.29 is 4.92 Å². The summed E-state index contributed by atoms with van der Waals surface area (Å²) in [5.41, 5.74) is 1.70. The molecule has 3 nitrogen and oxygen atoms in total. The van der Waals surface area contributed by atoms with E-state index in [1.807, 2.05) is 42.5 Å². The average Bonchev–Trinajstić information content (AvgIpc) is 2.48. The van der Waals surface area contributed by atoms with E-state index in [0.29, 0.717) is 5.56 Å². The summed E-state index contributed by atoms with van der Waals surface area (Å²) in [7, 11) is 0. The molecule has 0 spiro atoms. The lowest BCUT2D eigenvalue weighted by Gasteiger charge is -2.08. The highest BCUT2D eigenvalue weighted by Crippen LogP contribution is 2.36. The van der Waals surface area contributed by atoms with Crippen molar-refractivity contribution in [2.45, 2.75) is 0 Å². The fourth-order valence-electron chi connectivity index (χ4n) is 2.30. The molecule has 0 aliphatic heterocycles. The van der Waals surface area contributed by atoms with Crippen molar-refractivity contribution in [2.75, 3.05) is 0 Å². The monoisotopic (exact) mass is 375 g/mol. The van der Waals surface area contributed by atoms with Gasteiger partial charge in [-0.2, -0.15) is 0 Å². The summed E-state index contributed by atoms with van der Waals surface area (Å²) in [6.45, 7) is 0. The van der Waals surface area contributed by atoms with Crippen LogP contribution in [-0.4, -0.2) is 4.92 Å². The molecule has 4 heteroatoms. The maximum atomic E-state index is 11.2. The minimum absolute atomic E-state index is 0.140. The van der Waals surface area contributed by atoms with E-state index in [1.165, 1.54) is 0 Å². The first-order chi connectivity index (χ1) is 9.68. The average molecular weight is 375 g/mol. The summed E-state index contributed by atoms with van der Waals surface area (Å²) in [5, 5.41) is 13.4. The highest BCUT2D eigenvalue weighted by molar-refractivity contribution is 14.1. The predicted octanol–water partition coefficient (Wildman–Crippen LogP) is 5.02. The highest BCUT2D eigenvalue weighted by atomic mass is 127. The Morgan fingerprint density at radius 1 is 0.850 bits per heavy atom. The zero-order valence-corrected chi connectivity index (χ0v) is 12.6. The number of hydrogen-bond donors (Lipinski definition) is 0. The maximum Gasteiger partial charge on any atom is 0.277 e. The van der Waals surface area contributed by atoms with Gasteiger partial charge in [-0.25, -0.2) is 0 Å². The molecule has 0 aliphatic carbocycles. The molecule has 0 bridgehead atoms. The molecular formula is C16H10INO2. The third-order valence-corrected chi connectivity index (χ3v) is 4.42. The van der Waals surface area contributed by atoms with Crippen LogP contribution >= 0.6 is 22.6 Å². The van der Waals surface area contributed by atoms with Gasteiger partial charge in [-0.05, 0) is 39.4 Å². The topological polar surface area (TPSA) is 43.1 Å². The van der Waals surface area contributed by atoms with Crippen LogP contribution in [-0.2, 0) is 0 Å². The second-order valence-corrected chi connectivity index (χ2v) is 5.50. The van der Waals surface area contributed by atoms with Crippen LogP contribution in [0.2, 0.25) is 0 Å². The molecule has 0 aromatic heterocycles. The van der Waals surface area contributed by atoms with E-state index in [9.17, 15) is 10.1 Å². The Morgan fingerprint density at radius 2 is 1.55 bits per heavy atom. The number of rotatable bonds is 2. The molecule has 3 rings (SSSR count). The summed E-state index contributed by atoms with van der Waals surface area (Å²) in [6, 6.07) is 18.9. The van der Waals surface area contributed by atoms with Gasteiger partial charge in [-0.3, -0.25) is 10.1 Å². The van der Waals surface area contributed by atoms with Crippen molar-refractivity contribution in [3.05, 3.63) is 74.3 Å². The van der Waals surface area contributed by atoms with Crippen molar-refractivity contribution in [3.63, 3.8) is 0 Å². The summed E-state index contributed by atoms with van der Waals surface area (Å²) in [6.07, 6.45) is 0. The largest absolute Gasteiger partial charge is 0.277 e. The second-order valence-electron chi connectivity index (χ2n) is 4.42. The fourth-order valence-corrected chi connectivity index (χ4v) is 3.26. The van der Waals surface area contributed by atoms with Gasteiger partial charge in [0.1, 0.15) is 0 Å². The van der Waals surface area contributed by atoms with Crippen molar-refractivity contribution in [3.8, 4) is 11.1 Å². The number of para-hydroxylation sites is 1. The summed E-state index contributed by atoms with van der Waals surface area (Å²) in [5.74, 6) is 0. The summed E-state index contributed by atoms with van der Waals surface area (Å²) < 4.78 is 1.04. The Hall–Kier alpha value is -1.95. The van der Waals surface area contributed by atoms with Gasteiger partial charge in [0.2, 0.25) is 0 Å². The first-order valence-electron chi connectivity index (χ1n) is 6.09. The van der Waals surface area contributed by atoms with Gasteiger partial charge in [0.15, 0.2) is 0 Å². The van der Waals surface area contributed by atoms with Gasteiger partial charge in [-0.1, -0.05) is 48.5 Å². The number of nitro groups is 1. The lowest BCUT2D eigenvalue weighted by atomic mass is 10.00. The van der Waals surface area contributed by atoms with Crippen LogP contribution in [0.5, 0.6) is 0 Å². The molecule has 3 aromatic carbocycles. The Kier molecular flexibility index (Phi) is 3.40. The van der Waals surface area contributed by atoms with Crippen LogP contribution in [0.15, 0.2) is 60.7 Å². The van der Waals surface area contributed by atoms with Crippen LogP contribution in [0.3, 0.4) is 0 Å². The van der Waals surface area contributed by atoms with E-state index in [4.69, 9.17) is 0 Å². The molecule has 0 fully saturated rings. The molecule has 0 saturated carbocycles. The standard InChI is InChI=1S/C16H10INO2/c17-16-12-6-2-1-5-11(12)9-10-14(16)13-7-3-4-8-15(13)18(19)20/h1-10H. The highest BCUT2D eigenvalue weighted by Gasteiger charge is 2.17. The van der Waals surface area contributed by atoms with Crippen LogP contribution < -0.4 is 0 Å². The van der Waals surface area contributed by atoms with Crippen molar-refractivity contribution >= 4 is 39.1 Å². The lowest BCUT2D eigenvalue weighted by Crippen LogP contribution is -1.93. The molecular weight excluding hydrogens is 365 g/mol. The van der Waals surface area contributed by atoms with E-state index in [1.54, 1.807) is 18.2 Å². The number of nitro benzene ring substituents is 1. The Balaban J connectivity index is 2.31. The molecule has 0 N–H and O–H groups in total. The van der Waals surface area contributed by atoms with Crippen LogP contribution in [0.25, 0.3) is 21.9 Å². The lowest BCUT2D eigenvalue weighted by molar-refractivity contribution is -0.384. The predicted molar refractivity (Wildman–Crippen MR) is 88.8 cm³/mol. The molecule has 98 valence electrons. The Labute approximate surface area is 129 Å². The first-order valence-corrected chi connectivity index (χ1v) is 7.17. The molecule has 0 aliphatic rings. The third-order valence-electron chi connectivity index (χ3n) is 3.25. The quantitative estimate of drug-likeness (QED) is 0.359. The minimum atomic E-state index is -0.333. The smallest absolute Gasteiger partial charge is 0.258 e. The molecule has 0 atom stereocenters. The zero-order chi connectivity index (χ0) is 14.1. The maximum absolute atomic E-state index is 11.2. The molecule has 0 amide bonds. The van der Waals surface area contributed by atoms with Gasteiger partial charge in [0.05, 0.1) is 10.5 Å². The van der Waals surface area contributed by atoms with Gasteiger partial charge < -0.3 is 0 Å². The van der Waals surface area contributed by atoms with E-state index in [-0.39, 0.29) is 10.6 Å². The van der Waals surface area contributed by atoms with Gasteiger partial charge in [-0.15, -0.1) is 0 Å². The SMILES string of the molecule is O=[N+]([O-])c1ccccc1-c1ccc2ccccc2c1I. The number of hydrogen-bond acceptors (Lipinski definition) is 2. The van der Waals surface area contributed by atoms with E-state index in [2.05, 4.69) is 22.6 Å². The molecule has 0 saturated heterocycles. The van der Waals surface area contributed by atoms with Gasteiger partial charge in [0, 0.05) is 15.2 Å². The van der Waals surface area contributed by atoms with Crippen molar-refractivity contribution in [1.82, 2.24) is 0 Å². The van der Waals surface area contributed by atoms with Crippen LogP contribution in [0.4, 0.5) is 5.69 Å². The fraction of sp³-hybridized carbons (Fsp3) is 0. The third kappa shape index (κ3) is 2.16. The van der Waals surface area contributed by atoms with E-state index in [0.717, 1.165) is 19.9 Å². The molecule has 3 aromatic rings.